The third-order valence-electron chi connectivity index (χ3n) is 4.91. The van der Waals surface area contributed by atoms with Gasteiger partial charge in [0.05, 0.1) is 17.6 Å². The van der Waals surface area contributed by atoms with Crippen LogP contribution in [-0.4, -0.2) is 19.6 Å². The monoisotopic (exact) mass is 352 g/mol. The van der Waals surface area contributed by atoms with E-state index in [1.807, 2.05) is 6.07 Å². The van der Waals surface area contributed by atoms with E-state index >= 15 is 0 Å². The van der Waals surface area contributed by atoms with Crippen LogP contribution in [0.1, 0.15) is 56.9 Å². The van der Waals surface area contributed by atoms with Crippen LogP contribution in [0.3, 0.4) is 0 Å². The standard InChI is InChI=1S/C21H28N4O/c1-13(2)9-10-24-21(26)20-18(19(23-24)14(3)4)12-22-25(20)17-8-7-15(5)16(6)11-17/h7-8,11-14H,9-10H2,1-6H3. The van der Waals surface area contributed by atoms with Gasteiger partial charge >= 0.3 is 0 Å². The van der Waals surface area contributed by atoms with E-state index in [0.717, 1.165) is 23.2 Å². The molecule has 0 saturated carbocycles. The quantitative estimate of drug-likeness (QED) is 0.685. The maximum Gasteiger partial charge on any atom is 0.293 e. The molecule has 0 amide bonds. The lowest BCUT2D eigenvalue weighted by atomic mass is 10.1. The van der Waals surface area contributed by atoms with Crippen molar-refractivity contribution in [2.75, 3.05) is 0 Å². The SMILES string of the molecule is Cc1ccc(-n2ncc3c(C(C)C)nn(CCC(C)C)c(=O)c32)cc1C. The minimum absolute atomic E-state index is 0.0687. The average molecular weight is 352 g/mol. The Morgan fingerprint density at radius 3 is 2.42 bits per heavy atom. The zero-order chi connectivity index (χ0) is 19.0. The summed E-state index contributed by atoms with van der Waals surface area (Å²) >= 11 is 0. The summed E-state index contributed by atoms with van der Waals surface area (Å²) in [4.78, 5) is 13.2. The second kappa shape index (κ2) is 7.06. The first-order valence-corrected chi connectivity index (χ1v) is 9.36. The van der Waals surface area contributed by atoms with Gasteiger partial charge in [-0.15, -0.1) is 0 Å². The Morgan fingerprint density at radius 2 is 1.81 bits per heavy atom. The summed E-state index contributed by atoms with van der Waals surface area (Å²) in [6.45, 7) is 13.3. The van der Waals surface area contributed by atoms with E-state index < -0.39 is 0 Å². The highest BCUT2D eigenvalue weighted by Crippen LogP contribution is 2.24. The molecular formula is C21H28N4O. The molecule has 0 fully saturated rings. The molecule has 5 nitrogen and oxygen atoms in total. The van der Waals surface area contributed by atoms with Gasteiger partial charge in [-0.25, -0.2) is 9.36 Å². The number of benzene rings is 1. The van der Waals surface area contributed by atoms with E-state index in [4.69, 9.17) is 0 Å². The Bertz CT molecular complexity index is 995. The molecule has 0 aliphatic carbocycles. The molecule has 0 atom stereocenters. The Morgan fingerprint density at radius 1 is 1.08 bits per heavy atom. The first kappa shape index (κ1) is 18.4. The molecule has 5 heteroatoms. The highest BCUT2D eigenvalue weighted by atomic mass is 16.1. The van der Waals surface area contributed by atoms with E-state index in [9.17, 15) is 4.79 Å². The Kier molecular flexibility index (Phi) is 4.99. The minimum atomic E-state index is -0.0687. The van der Waals surface area contributed by atoms with Crippen molar-refractivity contribution in [2.45, 2.75) is 60.4 Å². The van der Waals surface area contributed by atoms with Crippen LogP contribution in [-0.2, 0) is 6.54 Å². The topological polar surface area (TPSA) is 52.7 Å². The molecule has 3 rings (SSSR count). The molecule has 0 radical (unpaired) electrons. The van der Waals surface area contributed by atoms with Crippen LogP contribution in [0.25, 0.3) is 16.6 Å². The van der Waals surface area contributed by atoms with Gasteiger partial charge in [-0.3, -0.25) is 4.79 Å². The molecule has 0 N–H and O–H groups in total. The van der Waals surface area contributed by atoms with E-state index in [-0.39, 0.29) is 11.5 Å². The largest absolute Gasteiger partial charge is 0.293 e. The summed E-state index contributed by atoms with van der Waals surface area (Å²) in [6, 6.07) is 6.16. The lowest BCUT2D eigenvalue weighted by molar-refractivity contribution is 0.467. The molecule has 1 aromatic carbocycles. The number of rotatable bonds is 5. The van der Waals surface area contributed by atoms with Gasteiger partial charge in [0.25, 0.3) is 5.56 Å². The molecule has 0 saturated heterocycles. The summed E-state index contributed by atoms with van der Waals surface area (Å²) in [5, 5.41) is 10.1. The van der Waals surface area contributed by atoms with Crippen molar-refractivity contribution in [3.05, 3.63) is 51.6 Å². The van der Waals surface area contributed by atoms with E-state index in [1.165, 1.54) is 11.1 Å². The Hall–Kier alpha value is -2.43. The fraction of sp³-hybridized carbons (Fsp3) is 0.476. The van der Waals surface area contributed by atoms with Crippen LogP contribution < -0.4 is 5.56 Å². The van der Waals surface area contributed by atoms with E-state index in [2.05, 4.69) is 63.9 Å². The number of hydrogen-bond acceptors (Lipinski definition) is 3. The van der Waals surface area contributed by atoms with Gasteiger partial charge in [-0.05, 0) is 55.4 Å². The molecule has 0 aliphatic heterocycles. The predicted octanol–water partition coefficient (Wildman–Crippen LogP) is 4.37. The third-order valence-corrected chi connectivity index (χ3v) is 4.91. The zero-order valence-corrected chi connectivity index (χ0v) is 16.6. The maximum absolute atomic E-state index is 13.2. The zero-order valence-electron chi connectivity index (χ0n) is 16.6. The van der Waals surface area contributed by atoms with Crippen molar-refractivity contribution < 1.29 is 0 Å². The number of fused-ring (bicyclic) bond motifs is 1. The smallest absolute Gasteiger partial charge is 0.265 e. The summed E-state index contributed by atoms with van der Waals surface area (Å²) in [5.41, 5.74) is 4.81. The van der Waals surface area contributed by atoms with Crippen LogP contribution in [0.2, 0.25) is 0 Å². The second-order valence-electron chi connectivity index (χ2n) is 7.84. The molecule has 0 unspecified atom stereocenters. The first-order valence-electron chi connectivity index (χ1n) is 9.36. The van der Waals surface area contributed by atoms with Gasteiger partial charge in [-0.1, -0.05) is 33.8 Å². The van der Waals surface area contributed by atoms with Crippen LogP contribution in [0.15, 0.2) is 29.2 Å². The molecule has 3 aromatic rings. The van der Waals surface area contributed by atoms with Crippen molar-refractivity contribution >= 4 is 10.9 Å². The molecule has 26 heavy (non-hydrogen) atoms. The van der Waals surface area contributed by atoms with Crippen LogP contribution in [0, 0.1) is 19.8 Å². The van der Waals surface area contributed by atoms with Gasteiger partial charge < -0.3 is 0 Å². The first-order chi connectivity index (χ1) is 12.3. The summed E-state index contributed by atoms with van der Waals surface area (Å²) in [6.07, 6.45) is 2.70. The molecule has 2 heterocycles. The fourth-order valence-electron chi connectivity index (χ4n) is 3.10. The van der Waals surface area contributed by atoms with Crippen molar-refractivity contribution in [1.29, 1.82) is 0 Å². The molecule has 2 aromatic heterocycles. The minimum Gasteiger partial charge on any atom is -0.265 e. The van der Waals surface area contributed by atoms with Crippen LogP contribution in [0.5, 0.6) is 0 Å². The number of hydrogen-bond donors (Lipinski definition) is 0. The predicted molar refractivity (Wildman–Crippen MR) is 106 cm³/mol. The normalized spacial score (nSPS) is 11.8. The summed E-state index contributed by atoms with van der Waals surface area (Å²) in [5.74, 6) is 0.743. The summed E-state index contributed by atoms with van der Waals surface area (Å²) in [7, 11) is 0. The van der Waals surface area contributed by atoms with Gasteiger partial charge in [0.2, 0.25) is 0 Å². The van der Waals surface area contributed by atoms with Crippen molar-refractivity contribution in [3.8, 4) is 5.69 Å². The molecule has 138 valence electrons. The third kappa shape index (κ3) is 3.30. The van der Waals surface area contributed by atoms with Gasteiger partial charge in [-0.2, -0.15) is 10.2 Å². The molecule has 0 bridgehead atoms. The van der Waals surface area contributed by atoms with Crippen LogP contribution in [0.4, 0.5) is 0 Å². The highest BCUT2D eigenvalue weighted by molar-refractivity contribution is 5.82. The maximum atomic E-state index is 13.2. The molecule has 0 aliphatic rings. The van der Waals surface area contributed by atoms with E-state index in [0.29, 0.717) is 18.0 Å². The molecule has 0 spiro atoms. The number of nitrogens with zero attached hydrogens (tertiary/aromatic N) is 4. The van der Waals surface area contributed by atoms with Crippen molar-refractivity contribution in [1.82, 2.24) is 19.6 Å². The molecular weight excluding hydrogens is 324 g/mol. The Balaban J connectivity index is 2.25. The van der Waals surface area contributed by atoms with Gasteiger partial charge in [0.1, 0.15) is 5.52 Å². The Labute approximate surface area is 154 Å². The number of aromatic nitrogens is 4. The highest BCUT2D eigenvalue weighted by Gasteiger charge is 2.19. The van der Waals surface area contributed by atoms with Crippen molar-refractivity contribution in [2.24, 2.45) is 5.92 Å². The second-order valence-corrected chi connectivity index (χ2v) is 7.84. The lowest BCUT2D eigenvalue weighted by Crippen LogP contribution is -2.27. The lowest BCUT2D eigenvalue weighted by Gasteiger charge is -2.13. The fourth-order valence-corrected chi connectivity index (χ4v) is 3.10. The van der Waals surface area contributed by atoms with E-state index in [1.54, 1.807) is 15.6 Å². The van der Waals surface area contributed by atoms with Gasteiger partial charge in [0, 0.05) is 11.9 Å². The van der Waals surface area contributed by atoms with Crippen LogP contribution >= 0.6 is 0 Å². The number of aryl methyl sites for hydroxylation is 3. The van der Waals surface area contributed by atoms with Gasteiger partial charge in [0.15, 0.2) is 0 Å². The summed E-state index contributed by atoms with van der Waals surface area (Å²) < 4.78 is 3.39. The average Bonchev–Trinajstić information content (AvgIpc) is 3.01. The van der Waals surface area contributed by atoms with Crippen molar-refractivity contribution in [3.63, 3.8) is 0 Å².